The van der Waals surface area contributed by atoms with Crippen LogP contribution in [0.5, 0.6) is 0 Å². The second-order valence-corrected chi connectivity index (χ2v) is 3.68. The van der Waals surface area contributed by atoms with Crippen LogP contribution in [0.25, 0.3) is 0 Å². The van der Waals surface area contributed by atoms with Crippen LogP contribution in [0.1, 0.15) is 20.7 Å². The monoisotopic (exact) mass is 334 g/mol. The van der Waals surface area contributed by atoms with E-state index in [1.54, 1.807) is 18.2 Å². The number of nitrogens with zero attached hydrogens (tertiary/aromatic N) is 1. The Morgan fingerprint density at radius 2 is 1.71 bits per heavy atom. The van der Waals surface area contributed by atoms with Crippen LogP contribution < -0.4 is 118 Å². The van der Waals surface area contributed by atoms with Crippen LogP contribution in [0.2, 0.25) is 0 Å². The van der Waals surface area contributed by atoms with Gasteiger partial charge in [-0.3, -0.25) is 0 Å². The third-order valence-corrected chi connectivity index (χ3v) is 2.40. The van der Waals surface area contributed by atoms with Crippen LogP contribution >= 0.6 is 0 Å². The summed E-state index contributed by atoms with van der Waals surface area (Å²) in [6.07, 6.45) is 1.54. The van der Waals surface area contributed by atoms with E-state index in [1.807, 2.05) is 0 Å². The predicted octanol–water partition coefficient (Wildman–Crippen LogP) is -6.44. The van der Waals surface area contributed by atoms with Gasteiger partial charge in [-0.1, -0.05) is 12.1 Å². The molecule has 1 N–H and O–H groups in total. The van der Waals surface area contributed by atoms with Crippen LogP contribution in [-0.4, -0.2) is 16.9 Å². The molecule has 1 aromatic heterocycles. The molecule has 0 bridgehead atoms. The Labute approximate surface area is 206 Å². The minimum atomic E-state index is -1.48. The largest absolute Gasteiger partial charge is 1.00 e. The number of carboxylic acids is 2. The van der Waals surface area contributed by atoms with E-state index in [1.165, 1.54) is 18.3 Å². The van der Waals surface area contributed by atoms with Gasteiger partial charge in [0.2, 0.25) is 0 Å². The molecular formula is C13H8K2N2O4. The fourth-order valence-corrected chi connectivity index (χ4v) is 1.52. The zero-order valence-corrected chi connectivity index (χ0v) is 17.9. The SMILES string of the molecule is O=C([O-])c1ccc(Nc2ccccn2)c(C(=O)[O-])c1.[K+].[K+]. The van der Waals surface area contributed by atoms with Crippen molar-refractivity contribution in [1.29, 1.82) is 0 Å². The second-order valence-electron chi connectivity index (χ2n) is 3.68. The smallest absolute Gasteiger partial charge is 0.545 e. The Hall–Kier alpha value is 0.383. The first-order valence-corrected chi connectivity index (χ1v) is 5.33. The Balaban J connectivity index is 0.00000200. The van der Waals surface area contributed by atoms with E-state index in [-0.39, 0.29) is 120 Å². The molecule has 0 aliphatic carbocycles. The molecule has 0 amide bonds. The Morgan fingerprint density at radius 3 is 2.24 bits per heavy atom. The summed E-state index contributed by atoms with van der Waals surface area (Å²) in [7, 11) is 0. The molecule has 0 fully saturated rings. The van der Waals surface area contributed by atoms with Crippen LogP contribution in [0.3, 0.4) is 0 Å². The molecular weight excluding hydrogens is 326 g/mol. The van der Waals surface area contributed by atoms with Gasteiger partial charge in [-0.2, -0.15) is 0 Å². The summed E-state index contributed by atoms with van der Waals surface area (Å²) in [4.78, 5) is 25.7. The standard InChI is InChI=1S/C13H10N2O4.2K/c16-12(17)8-4-5-10(9(7-8)13(18)19)15-11-3-1-2-6-14-11;;/h1-7H,(H,14,15)(H,16,17)(H,18,19);;/q;2*+1/p-2. The number of carbonyl (C=O) groups is 2. The number of hydrogen-bond donors (Lipinski definition) is 1. The zero-order chi connectivity index (χ0) is 13.8. The number of aromatic carboxylic acids is 2. The van der Waals surface area contributed by atoms with Gasteiger partial charge in [-0.25, -0.2) is 4.98 Å². The zero-order valence-electron chi connectivity index (χ0n) is 11.6. The second kappa shape index (κ2) is 10.2. The molecule has 0 spiro atoms. The van der Waals surface area contributed by atoms with Crippen molar-refractivity contribution in [3.8, 4) is 0 Å². The first kappa shape index (κ1) is 21.4. The third-order valence-electron chi connectivity index (χ3n) is 2.40. The van der Waals surface area contributed by atoms with Crippen LogP contribution in [0.4, 0.5) is 11.5 Å². The molecule has 2 rings (SSSR count). The molecule has 0 aliphatic heterocycles. The van der Waals surface area contributed by atoms with Crippen LogP contribution in [0, 0.1) is 0 Å². The average Bonchev–Trinajstić information content (AvgIpc) is 2.39. The van der Waals surface area contributed by atoms with Crippen molar-refractivity contribution >= 4 is 23.4 Å². The van der Waals surface area contributed by atoms with Gasteiger partial charge in [0.15, 0.2) is 0 Å². The van der Waals surface area contributed by atoms with Crippen LogP contribution in [0.15, 0.2) is 42.6 Å². The van der Waals surface area contributed by atoms with E-state index in [0.29, 0.717) is 5.82 Å². The Kier molecular flexibility index (Phi) is 10.4. The molecule has 0 unspecified atom stereocenters. The summed E-state index contributed by atoms with van der Waals surface area (Å²) in [5, 5.41) is 24.5. The van der Waals surface area contributed by atoms with Gasteiger partial charge >= 0.3 is 103 Å². The number of pyridine rings is 1. The Bertz CT molecular complexity index is 635. The maximum absolute atomic E-state index is 11.0. The summed E-state index contributed by atoms with van der Waals surface area (Å²) in [5.41, 5.74) is -0.304. The summed E-state index contributed by atoms with van der Waals surface area (Å²) in [6.45, 7) is 0. The van der Waals surface area contributed by atoms with Crippen molar-refractivity contribution in [2.45, 2.75) is 0 Å². The third kappa shape index (κ3) is 6.18. The van der Waals surface area contributed by atoms with Crippen LogP contribution in [-0.2, 0) is 0 Å². The van der Waals surface area contributed by atoms with E-state index in [4.69, 9.17) is 0 Å². The molecule has 8 heteroatoms. The van der Waals surface area contributed by atoms with Crippen molar-refractivity contribution in [3.05, 3.63) is 53.7 Å². The number of benzene rings is 1. The van der Waals surface area contributed by atoms with Crippen molar-refractivity contribution < 1.29 is 123 Å². The topological polar surface area (TPSA) is 105 Å². The summed E-state index contributed by atoms with van der Waals surface area (Å²) >= 11 is 0. The van der Waals surface area contributed by atoms with E-state index < -0.39 is 11.9 Å². The van der Waals surface area contributed by atoms with Gasteiger partial charge in [0.05, 0.1) is 11.9 Å². The maximum atomic E-state index is 11.0. The van der Waals surface area contributed by atoms with Gasteiger partial charge in [-0.15, -0.1) is 0 Å². The molecule has 96 valence electrons. The number of hydrogen-bond acceptors (Lipinski definition) is 6. The average molecular weight is 334 g/mol. The maximum Gasteiger partial charge on any atom is 1.00 e. The number of rotatable bonds is 4. The molecule has 1 aromatic carbocycles. The minimum absolute atomic E-state index is 0. The van der Waals surface area contributed by atoms with Gasteiger partial charge < -0.3 is 25.1 Å². The van der Waals surface area contributed by atoms with E-state index in [9.17, 15) is 19.8 Å². The van der Waals surface area contributed by atoms with Gasteiger partial charge in [0.1, 0.15) is 5.82 Å². The predicted molar refractivity (Wildman–Crippen MR) is 62.6 cm³/mol. The molecule has 0 radical (unpaired) electrons. The van der Waals surface area contributed by atoms with Gasteiger partial charge in [-0.05, 0) is 29.8 Å². The van der Waals surface area contributed by atoms with Crippen molar-refractivity contribution in [3.63, 3.8) is 0 Å². The number of anilines is 2. The quantitative estimate of drug-likeness (QED) is 0.558. The van der Waals surface area contributed by atoms with Gasteiger partial charge in [0.25, 0.3) is 0 Å². The van der Waals surface area contributed by atoms with E-state index in [2.05, 4.69) is 10.3 Å². The summed E-state index contributed by atoms with van der Waals surface area (Å²) < 4.78 is 0. The number of carbonyl (C=O) groups excluding carboxylic acids is 2. The summed E-state index contributed by atoms with van der Waals surface area (Å²) in [6, 6.07) is 8.63. The van der Waals surface area contributed by atoms with E-state index >= 15 is 0 Å². The molecule has 6 nitrogen and oxygen atoms in total. The molecule has 0 saturated carbocycles. The number of carboxylic acid groups (broad SMARTS) is 2. The normalized spacial score (nSPS) is 8.95. The Morgan fingerprint density at radius 1 is 1.00 bits per heavy atom. The fourth-order valence-electron chi connectivity index (χ4n) is 1.52. The molecule has 0 saturated heterocycles. The molecule has 1 heterocycles. The fraction of sp³-hybridized carbons (Fsp3) is 0. The first-order chi connectivity index (χ1) is 9.08. The number of aromatic nitrogens is 1. The minimum Gasteiger partial charge on any atom is -0.545 e. The molecule has 0 atom stereocenters. The summed E-state index contributed by atoms with van der Waals surface area (Å²) in [5.74, 6) is -2.50. The van der Waals surface area contributed by atoms with Crippen molar-refractivity contribution in [1.82, 2.24) is 4.98 Å². The first-order valence-electron chi connectivity index (χ1n) is 5.33. The molecule has 2 aromatic rings. The molecule has 21 heavy (non-hydrogen) atoms. The van der Waals surface area contributed by atoms with Crippen molar-refractivity contribution in [2.75, 3.05) is 5.32 Å². The van der Waals surface area contributed by atoms with E-state index in [0.717, 1.165) is 6.07 Å². The number of nitrogens with one attached hydrogen (secondary N) is 1. The van der Waals surface area contributed by atoms with Crippen molar-refractivity contribution in [2.24, 2.45) is 0 Å². The van der Waals surface area contributed by atoms with Gasteiger partial charge in [0, 0.05) is 17.4 Å². The molecule has 0 aliphatic rings.